The molecule has 8 nitrogen and oxygen atoms in total. The van der Waals surface area contributed by atoms with Crippen LogP contribution in [0.2, 0.25) is 0 Å². The van der Waals surface area contributed by atoms with E-state index in [0.717, 1.165) is 36.4 Å². The molecule has 3 aliphatic rings. The van der Waals surface area contributed by atoms with E-state index >= 15 is 0 Å². The average molecular weight is 435 g/mol. The number of benzene rings is 2. The van der Waals surface area contributed by atoms with Crippen LogP contribution in [-0.4, -0.2) is 55.0 Å². The minimum Gasteiger partial charge on any atom is -0.493 e. The number of hydrogen-bond donors (Lipinski definition) is 1. The second-order valence-electron chi connectivity index (χ2n) is 8.47. The van der Waals surface area contributed by atoms with E-state index in [9.17, 15) is 14.4 Å². The number of aryl methyl sites for hydroxylation is 1. The number of esters is 1. The van der Waals surface area contributed by atoms with Crippen molar-refractivity contribution in [1.82, 2.24) is 4.90 Å². The first-order chi connectivity index (χ1) is 15.5. The van der Waals surface area contributed by atoms with Crippen molar-refractivity contribution in [3.8, 4) is 11.5 Å². The van der Waals surface area contributed by atoms with E-state index in [4.69, 9.17) is 9.47 Å². The Morgan fingerprint density at radius 2 is 1.94 bits per heavy atom. The largest absolute Gasteiger partial charge is 0.493 e. The third kappa shape index (κ3) is 3.88. The fourth-order valence-electron chi connectivity index (χ4n) is 4.57. The standard InChI is InChI=1S/C24H25N3O5/c1-15-14-26(8-9-27(15)19-6-7-20-16(11-19)3-2-10-31-20)24(30)23(29)25-18-5-4-17-12-22(28)32-21(17)13-18/h4-7,11,13,15H,2-3,8-10,12,14H2,1H3,(H,25,29)/t15-/m1/s1. The molecule has 0 radical (unpaired) electrons. The van der Waals surface area contributed by atoms with Crippen molar-refractivity contribution in [3.05, 3.63) is 47.5 Å². The van der Waals surface area contributed by atoms with E-state index in [1.807, 2.05) is 6.07 Å². The van der Waals surface area contributed by atoms with Crippen molar-refractivity contribution in [1.29, 1.82) is 0 Å². The van der Waals surface area contributed by atoms with Gasteiger partial charge in [-0.25, -0.2) is 0 Å². The first kappa shape index (κ1) is 20.4. The Balaban J connectivity index is 1.21. The second-order valence-corrected chi connectivity index (χ2v) is 8.47. The minimum atomic E-state index is -0.694. The maximum absolute atomic E-state index is 12.8. The molecule has 2 amide bonds. The predicted molar refractivity (Wildman–Crippen MR) is 118 cm³/mol. The number of nitrogens with one attached hydrogen (secondary N) is 1. The van der Waals surface area contributed by atoms with Crippen LogP contribution in [-0.2, 0) is 27.2 Å². The molecule has 32 heavy (non-hydrogen) atoms. The Hall–Kier alpha value is -3.55. The average Bonchev–Trinajstić information content (AvgIpc) is 3.17. The van der Waals surface area contributed by atoms with Crippen LogP contribution in [0.4, 0.5) is 11.4 Å². The maximum atomic E-state index is 12.8. The van der Waals surface area contributed by atoms with Gasteiger partial charge in [-0.05, 0) is 49.6 Å². The zero-order valence-corrected chi connectivity index (χ0v) is 17.9. The summed E-state index contributed by atoms with van der Waals surface area (Å²) in [5, 5.41) is 2.63. The molecule has 3 heterocycles. The first-order valence-corrected chi connectivity index (χ1v) is 10.9. The number of carbonyl (C=O) groups excluding carboxylic acids is 3. The molecule has 0 aromatic heterocycles. The Kier molecular flexibility index (Phi) is 5.20. The molecule has 3 aliphatic heterocycles. The van der Waals surface area contributed by atoms with E-state index in [1.165, 1.54) is 5.56 Å². The van der Waals surface area contributed by atoms with E-state index in [1.54, 1.807) is 23.1 Å². The lowest BCUT2D eigenvalue weighted by atomic mass is 10.0. The number of carbonyl (C=O) groups is 3. The molecule has 0 unspecified atom stereocenters. The number of amides is 2. The van der Waals surface area contributed by atoms with E-state index in [0.29, 0.717) is 31.1 Å². The molecule has 0 saturated carbocycles. The normalized spacial score (nSPS) is 19.5. The number of fused-ring (bicyclic) bond motifs is 2. The molecule has 5 rings (SSSR count). The van der Waals surface area contributed by atoms with Crippen molar-refractivity contribution in [2.24, 2.45) is 0 Å². The molecule has 1 fully saturated rings. The molecule has 0 spiro atoms. The molecule has 1 saturated heterocycles. The van der Waals surface area contributed by atoms with Crippen LogP contribution in [0.25, 0.3) is 0 Å². The summed E-state index contributed by atoms with van der Waals surface area (Å²) in [5.41, 5.74) is 3.54. The summed E-state index contributed by atoms with van der Waals surface area (Å²) in [5.74, 6) is -0.191. The van der Waals surface area contributed by atoms with Gasteiger partial charge in [-0.15, -0.1) is 0 Å². The highest BCUT2D eigenvalue weighted by Gasteiger charge is 2.31. The van der Waals surface area contributed by atoms with E-state index in [-0.39, 0.29) is 18.4 Å². The molecule has 0 aliphatic carbocycles. The smallest absolute Gasteiger partial charge is 0.315 e. The second kappa shape index (κ2) is 8.18. The Labute approximate surface area is 186 Å². The van der Waals surface area contributed by atoms with Crippen LogP contribution in [0.3, 0.4) is 0 Å². The van der Waals surface area contributed by atoms with Gasteiger partial charge in [-0.2, -0.15) is 0 Å². The van der Waals surface area contributed by atoms with E-state index < -0.39 is 11.8 Å². The number of anilines is 2. The zero-order valence-electron chi connectivity index (χ0n) is 17.9. The lowest BCUT2D eigenvalue weighted by Gasteiger charge is -2.41. The van der Waals surface area contributed by atoms with Crippen LogP contribution in [0, 0.1) is 0 Å². The highest BCUT2D eigenvalue weighted by atomic mass is 16.5. The molecule has 2 aromatic carbocycles. The Morgan fingerprint density at radius 3 is 2.78 bits per heavy atom. The maximum Gasteiger partial charge on any atom is 0.315 e. The zero-order chi connectivity index (χ0) is 22.2. The lowest BCUT2D eigenvalue weighted by molar-refractivity contribution is -0.143. The summed E-state index contributed by atoms with van der Waals surface area (Å²) < 4.78 is 10.8. The summed E-state index contributed by atoms with van der Waals surface area (Å²) in [4.78, 5) is 40.6. The van der Waals surface area contributed by atoms with Crippen molar-refractivity contribution >= 4 is 29.2 Å². The molecule has 1 N–H and O–H groups in total. The van der Waals surface area contributed by atoms with Crippen LogP contribution in [0.1, 0.15) is 24.5 Å². The molecule has 0 bridgehead atoms. The molecular weight excluding hydrogens is 410 g/mol. The minimum absolute atomic E-state index is 0.0717. The molecule has 8 heteroatoms. The van der Waals surface area contributed by atoms with Crippen LogP contribution < -0.4 is 19.7 Å². The molecule has 1 atom stereocenters. The van der Waals surface area contributed by atoms with Gasteiger partial charge in [0.25, 0.3) is 0 Å². The van der Waals surface area contributed by atoms with Gasteiger partial charge < -0.3 is 24.6 Å². The summed E-state index contributed by atoms with van der Waals surface area (Å²) >= 11 is 0. The van der Waals surface area contributed by atoms with Crippen LogP contribution in [0.5, 0.6) is 11.5 Å². The predicted octanol–water partition coefficient (Wildman–Crippen LogP) is 2.15. The van der Waals surface area contributed by atoms with Gasteiger partial charge in [-0.3, -0.25) is 14.4 Å². The highest BCUT2D eigenvalue weighted by molar-refractivity contribution is 6.39. The fraction of sp³-hybridized carbons (Fsp3) is 0.375. The van der Waals surface area contributed by atoms with Gasteiger partial charge >= 0.3 is 17.8 Å². The van der Waals surface area contributed by atoms with Gasteiger partial charge in [0, 0.05) is 48.7 Å². The van der Waals surface area contributed by atoms with Gasteiger partial charge in [0.15, 0.2) is 0 Å². The SMILES string of the molecule is C[C@@H]1CN(C(=O)C(=O)Nc2ccc3c(c2)OC(=O)C3)CCN1c1ccc2c(c1)CCCO2. The number of rotatable bonds is 2. The van der Waals surface area contributed by atoms with Gasteiger partial charge in [0.05, 0.1) is 13.0 Å². The number of ether oxygens (including phenoxy) is 2. The van der Waals surface area contributed by atoms with Crippen molar-refractivity contribution in [2.45, 2.75) is 32.2 Å². The van der Waals surface area contributed by atoms with Crippen molar-refractivity contribution in [2.75, 3.05) is 36.5 Å². The highest BCUT2D eigenvalue weighted by Crippen LogP contribution is 2.31. The fourth-order valence-corrected chi connectivity index (χ4v) is 4.57. The Bertz CT molecular complexity index is 1100. The Morgan fingerprint density at radius 1 is 1.06 bits per heavy atom. The van der Waals surface area contributed by atoms with Gasteiger partial charge in [0.1, 0.15) is 11.5 Å². The third-order valence-corrected chi connectivity index (χ3v) is 6.22. The summed E-state index contributed by atoms with van der Waals surface area (Å²) in [7, 11) is 0. The first-order valence-electron chi connectivity index (χ1n) is 10.9. The third-order valence-electron chi connectivity index (χ3n) is 6.22. The monoisotopic (exact) mass is 435 g/mol. The summed E-state index contributed by atoms with van der Waals surface area (Å²) in [6, 6.07) is 11.3. The number of piperazine rings is 1. The van der Waals surface area contributed by atoms with Gasteiger partial charge in [0.2, 0.25) is 0 Å². The lowest BCUT2D eigenvalue weighted by Crippen LogP contribution is -2.55. The van der Waals surface area contributed by atoms with E-state index in [2.05, 4.69) is 29.3 Å². The van der Waals surface area contributed by atoms with Crippen LogP contribution >= 0.6 is 0 Å². The molecular formula is C24H25N3O5. The van der Waals surface area contributed by atoms with Gasteiger partial charge in [-0.1, -0.05) is 6.07 Å². The molecule has 2 aromatic rings. The summed E-state index contributed by atoms with van der Waals surface area (Å²) in [6.07, 6.45) is 2.26. The topological polar surface area (TPSA) is 88.2 Å². The summed E-state index contributed by atoms with van der Waals surface area (Å²) in [6.45, 7) is 4.40. The number of nitrogens with zero attached hydrogens (tertiary/aromatic N) is 2. The van der Waals surface area contributed by atoms with Crippen molar-refractivity contribution in [3.63, 3.8) is 0 Å². The quantitative estimate of drug-likeness (QED) is 0.442. The number of hydrogen-bond acceptors (Lipinski definition) is 6. The van der Waals surface area contributed by atoms with Crippen LogP contribution in [0.15, 0.2) is 36.4 Å². The molecule has 166 valence electrons. The van der Waals surface area contributed by atoms with Crippen molar-refractivity contribution < 1.29 is 23.9 Å².